The van der Waals surface area contributed by atoms with Gasteiger partial charge in [0.25, 0.3) is 15.9 Å². The summed E-state index contributed by atoms with van der Waals surface area (Å²) >= 11 is 0. The fourth-order valence-corrected chi connectivity index (χ4v) is 4.18. The van der Waals surface area contributed by atoms with E-state index in [0.717, 1.165) is 5.56 Å². The molecule has 0 aliphatic rings. The quantitative estimate of drug-likeness (QED) is 0.624. The number of hydrogen-bond acceptors (Lipinski definition) is 4. The van der Waals surface area contributed by atoms with Gasteiger partial charge in [0.1, 0.15) is 0 Å². The molecule has 0 saturated carbocycles. The van der Waals surface area contributed by atoms with Crippen molar-refractivity contribution >= 4 is 21.6 Å². The third kappa shape index (κ3) is 5.81. The van der Waals surface area contributed by atoms with Crippen LogP contribution in [0.5, 0.6) is 0 Å². The van der Waals surface area contributed by atoms with Crippen LogP contribution in [-0.4, -0.2) is 53.1 Å². The number of sulfonamides is 1. The van der Waals surface area contributed by atoms with Crippen molar-refractivity contribution in [3.8, 4) is 0 Å². The summed E-state index contributed by atoms with van der Waals surface area (Å²) in [6, 6.07) is 13.5. The number of carbonyl (C=O) groups excluding carboxylic acids is 1. The first kappa shape index (κ1) is 22.9. The maximum atomic E-state index is 13.1. The summed E-state index contributed by atoms with van der Waals surface area (Å²) < 4.78 is 32.5. The van der Waals surface area contributed by atoms with Crippen molar-refractivity contribution in [2.75, 3.05) is 38.2 Å². The molecule has 0 unspecified atom stereocenters. The number of rotatable bonds is 9. The lowest BCUT2D eigenvalue weighted by atomic mass is 10.1. The van der Waals surface area contributed by atoms with E-state index in [9.17, 15) is 13.2 Å². The fourth-order valence-electron chi connectivity index (χ4n) is 2.94. The van der Waals surface area contributed by atoms with E-state index in [1.807, 2.05) is 32.9 Å². The van der Waals surface area contributed by atoms with Crippen LogP contribution in [0.25, 0.3) is 0 Å². The molecule has 0 aliphatic carbocycles. The Morgan fingerprint density at radius 3 is 2.34 bits per heavy atom. The van der Waals surface area contributed by atoms with Crippen molar-refractivity contribution in [1.82, 2.24) is 4.90 Å². The van der Waals surface area contributed by atoms with E-state index >= 15 is 0 Å². The Kier molecular flexibility index (Phi) is 7.81. The number of methoxy groups -OCH3 is 1. The molecule has 2 aromatic carbocycles. The van der Waals surface area contributed by atoms with E-state index in [-0.39, 0.29) is 16.7 Å². The summed E-state index contributed by atoms with van der Waals surface area (Å²) in [6.45, 7) is 7.46. The number of amides is 1. The Morgan fingerprint density at radius 2 is 1.76 bits per heavy atom. The number of nitrogens with zero attached hydrogens (tertiary/aromatic N) is 2. The van der Waals surface area contributed by atoms with Crippen molar-refractivity contribution in [3.05, 3.63) is 59.7 Å². The van der Waals surface area contributed by atoms with Crippen LogP contribution in [0.4, 0.5) is 5.69 Å². The molecule has 0 spiro atoms. The molecule has 29 heavy (non-hydrogen) atoms. The summed E-state index contributed by atoms with van der Waals surface area (Å²) in [5.74, 6) is 0.0844. The maximum absolute atomic E-state index is 13.1. The van der Waals surface area contributed by atoms with Crippen LogP contribution in [0.15, 0.2) is 53.4 Å². The van der Waals surface area contributed by atoms with Gasteiger partial charge in [0, 0.05) is 32.8 Å². The predicted octanol–water partition coefficient (Wildman–Crippen LogP) is 3.56. The zero-order valence-electron chi connectivity index (χ0n) is 17.8. The van der Waals surface area contributed by atoms with E-state index in [1.54, 1.807) is 36.3 Å². The minimum atomic E-state index is -3.79. The average Bonchev–Trinajstić information content (AvgIpc) is 2.70. The number of benzene rings is 2. The van der Waals surface area contributed by atoms with Crippen LogP contribution >= 0.6 is 0 Å². The highest BCUT2D eigenvalue weighted by atomic mass is 32.2. The number of ether oxygens (including phenoxy) is 1. The second-order valence-electron chi connectivity index (χ2n) is 7.47. The second-order valence-corrected chi connectivity index (χ2v) is 9.44. The molecule has 0 heterocycles. The van der Waals surface area contributed by atoms with E-state index in [2.05, 4.69) is 0 Å². The van der Waals surface area contributed by atoms with Crippen molar-refractivity contribution in [1.29, 1.82) is 0 Å². The second kappa shape index (κ2) is 9.89. The zero-order valence-corrected chi connectivity index (χ0v) is 18.6. The molecule has 0 atom stereocenters. The van der Waals surface area contributed by atoms with Gasteiger partial charge in [0.2, 0.25) is 0 Å². The zero-order chi connectivity index (χ0) is 21.6. The fraction of sp³-hybridized carbons (Fsp3) is 0.409. The Morgan fingerprint density at radius 1 is 1.10 bits per heavy atom. The lowest BCUT2D eigenvalue weighted by Gasteiger charge is -2.25. The summed E-state index contributed by atoms with van der Waals surface area (Å²) in [6.07, 6.45) is 0. The average molecular weight is 419 g/mol. The highest BCUT2D eigenvalue weighted by Crippen LogP contribution is 2.23. The largest absolute Gasteiger partial charge is 0.383 e. The van der Waals surface area contributed by atoms with Crippen LogP contribution in [0.3, 0.4) is 0 Å². The van der Waals surface area contributed by atoms with Crippen molar-refractivity contribution in [2.24, 2.45) is 5.92 Å². The van der Waals surface area contributed by atoms with Crippen LogP contribution < -0.4 is 4.31 Å². The smallest absolute Gasteiger partial charge is 0.264 e. The molecule has 0 saturated heterocycles. The molecule has 0 aliphatic heterocycles. The first-order valence-corrected chi connectivity index (χ1v) is 11.0. The van der Waals surface area contributed by atoms with Gasteiger partial charge in [-0.15, -0.1) is 0 Å². The molecule has 2 aromatic rings. The minimum Gasteiger partial charge on any atom is -0.383 e. The third-order valence-corrected chi connectivity index (χ3v) is 6.36. The van der Waals surface area contributed by atoms with Crippen molar-refractivity contribution < 1.29 is 17.9 Å². The first-order chi connectivity index (χ1) is 13.7. The molecular formula is C22H30N2O4S. The molecule has 0 radical (unpaired) electrons. The molecule has 1 amide bonds. The molecular weight excluding hydrogens is 388 g/mol. The summed E-state index contributed by atoms with van der Waals surface area (Å²) in [4.78, 5) is 14.8. The summed E-state index contributed by atoms with van der Waals surface area (Å²) in [7, 11) is -0.687. The molecule has 2 rings (SSSR count). The van der Waals surface area contributed by atoms with Gasteiger partial charge in [0.05, 0.1) is 17.2 Å². The number of aryl methyl sites for hydroxylation is 1. The number of carbonyl (C=O) groups is 1. The van der Waals surface area contributed by atoms with E-state index in [0.29, 0.717) is 30.9 Å². The normalized spacial score (nSPS) is 11.5. The molecule has 7 heteroatoms. The molecule has 6 nitrogen and oxygen atoms in total. The molecule has 158 valence electrons. The predicted molar refractivity (Wildman–Crippen MR) is 116 cm³/mol. The van der Waals surface area contributed by atoms with Crippen LogP contribution in [0.1, 0.15) is 29.8 Å². The minimum absolute atomic E-state index is 0.0858. The number of hydrogen-bond donors (Lipinski definition) is 0. The SMILES string of the molecule is COCCN(CC(C)C)C(=O)c1cccc(S(=O)(=O)N(C)c2ccc(C)cc2)c1. The van der Waals surface area contributed by atoms with E-state index in [4.69, 9.17) is 4.74 Å². The topological polar surface area (TPSA) is 66.9 Å². The van der Waals surface area contributed by atoms with Gasteiger partial charge in [-0.3, -0.25) is 9.10 Å². The molecule has 0 fully saturated rings. The highest BCUT2D eigenvalue weighted by molar-refractivity contribution is 7.92. The Bertz CT molecular complexity index is 924. The van der Waals surface area contributed by atoms with Gasteiger partial charge in [0.15, 0.2) is 0 Å². The lowest BCUT2D eigenvalue weighted by molar-refractivity contribution is 0.0672. The van der Waals surface area contributed by atoms with Gasteiger partial charge in [-0.1, -0.05) is 37.6 Å². The van der Waals surface area contributed by atoms with Gasteiger partial charge >= 0.3 is 0 Å². The Labute approximate surface area is 174 Å². The van der Waals surface area contributed by atoms with E-state index in [1.165, 1.54) is 23.5 Å². The monoisotopic (exact) mass is 418 g/mol. The third-order valence-electron chi connectivity index (χ3n) is 4.58. The molecule has 0 bridgehead atoms. The summed E-state index contributed by atoms with van der Waals surface area (Å²) in [5, 5.41) is 0. The standard InChI is InChI=1S/C22H30N2O4S/c1-17(2)16-24(13-14-28-5)22(25)19-7-6-8-21(15-19)29(26,27)23(4)20-11-9-18(3)10-12-20/h6-12,15,17H,13-14,16H2,1-5H3. The first-order valence-electron chi connectivity index (χ1n) is 9.60. The van der Waals surface area contributed by atoms with Gasteiger partial charge in [-0.2, -0.15) is 0 Å². The van der Waals surface area contributed by atoms with E-state index < -0.39 is 10.0 Å². The number of anilines is 1. The molecule has 0 N–H and O–H groups in total. The van der Waals surface area contributed by atoms with Crippen molar-refractivity contribution in [2.45, 2.75) is 25.7 Å². The Balaban J connectivity index is 2.33. The molecule has 0 aromatic heterocycles. The van der Waals surface area contributed by atoms with Gasteiger partial charge < -0.3 is 9.64 Å². The summed E-state index contributed by atoms with van der Waals surface area (Å²) in [5.41, 5.74) is 1.96. The highest BCUT2D eigenvalue weighted by Gasteiger charge is 2.24. The van der Waals surface area contributed by atoms with Crippen molar-refractivity contribution in [3.63, 3.8) is 0 Å². The Hall–Kier alpha value is -2.38. The van der Waals surface area contributed by atoms with Crippen LogP contribution in [0, 0.1) is 12.8 Å². The van der Waals surface area contributed by atoms with Gasteiger partial charge in [-0.05, 0) is 43.2 Å². The van der Waals surface area contributed by atoms with Crippen LogP contribution in [-0.2, 0) is 14.8 Å². The lowest BCUT2D eigenvalue weighted by Crippen LogP contribution is -2.37. The van der Waals surface area contributed by atoms with Gasteiger partial charge in [-0.25, -0.2) is 8.42 Å². The maximum Gasteiger partial charge on any atom is 0.264 e. The van der Waals surface area contributed by atoms with Crippen LogP contribution in [0.2, 0.25) is 0 Å².